The van der Waals surface area contributed by atoms with Crippen molar-refractivity contribution in [2.24, 2.45) is 0 Å². The largest absolute Gasteiger partial charge is 0.388 e. The summed E-state index contributed by atoms with van der Waals surface area (Å²) in [5, 5.41) is 11.2. The van der Waals surface area contributed by atoms with Gasteiger partial charge in [0.1, 0.15) is 19.2 Å². The summed E-state index contributed by atoms with van der Waals surface area (Å²) in [6, 6.07) is 17.2. The number of thioether (sulfide) groups is 1. The lowest BCUT2D eigenvalue weighted by atomic mass is 10.1. The number of fused-ring (bicyclic) bond motifs is 3. The molecule has 1 N–H and O–H groups in total. The average molecular weight is 311 g/mol. The van der Waals surface area contributed by atoms with Crippen molar-refractivity contribution in [2.75, 3.05) is 5.75 Å². The van der Waals surface area contributed by atoms with Crippen LogP contribution in [0.2, 0.25) is 0 Å². The SMILES string of the molecule is Cc1ccc(Cn2c3[n+](c4ccccc42)CC(O)CS3)cc1. The fourth-order valence-corrected chi connectivity index (χ4v) is 4.16. The molecular weight excluding hydrogens is 292 g/mol. The first-order chi connectivity index (χ1) is 10.7. The Balaban J connectivity index is 1.84. The molecule has 0 bridgehead atoms. The molecule has 0 spiro atoms. The van der Waals surface area contributed by atoms with E-state index in [1.807, 2.05) is 0 Å². The molecule has 3 nitrogen and oxygen atoms in total. The monoisotopic (exact) mass is 311 g/mol. The molecule has 0 aliphatic carbocycles. The van der Waals surface area contributed by atoms with E-state index in [0.29, 0.717) is 6.54 Å². The minimum absolute atomic E-state index is 0.263. The normalized spacial score (nSPS) is 17.6. The summed E-state index contributed by atoms with van der Waals surface area (Å²) < 4.78 is 4.62. The minimum atomic E-state index is -0.263. The molecule has 0 saturated carbocycles. The molecule has 1 atom stereocenters. The summed E-state index contributed by atoms with van der Waals surface area (Å²) in [7, 11) is 0. The van der Waals surface area contributed by atoms with E-state index in [4.69, 9.17) is 0 Å². The second kappa shape index (κ2) is 5.45. The van der Waals surface area contributed by atoms with Gasteiger partial charge in [0.05, 0.1) is 0 Å². The molecular formula is C18H19N2OS+. The van der Waals surface area contributed by atoms with Gasteiger partial charge in [-0.1, -0.05) is 42.0 Å². The second-order valence-electron chi connectivity index (χ2n) is 5.92. The highest BCUT2D eigenvalue weighted by Crippen LogP contribution is 2.27. The van der Waals surface area contributed by atoms with E-state index in [-0.39, 0.29) is 6.10 Å². The van der Waals surface area contributed by atoms with E-state index >= 15 is 0 Å². The van der Waals surface area contributed by atoms with Crippen LogP contribution in [0.4, 0.5) is 0 Å². The van der Waals surface area contributed by atoms with E-state index < -0.39 is 0 Å². The van der Waals surface area contributed by atoms with E-state index in [9.17, 15) is 5.11 Å². The molecule has 1 aliphatic rings. The van der Waals surface area contributed by atoms with Gasteiger partial charge in [-0.15, -0.1) is 0 Å². The molecule has 112 valence electrons. The predicted octanol–water partition coefficient (Wildman–Crippen LogP) is 2.75. The van der Waals surface area contributed by atoms with Crippen LogP contribution in [-0.2, 0) is 13.1 Å². The number of aromatic nitrogens is 2. The van der Waals surface area contributed by atoms with Crippen molar-refractivity contribution in [3.05, 3.63) is 59.7 Å². The van der Waals surface area contributed by atoms with Crippen molar-refractivity contribution in [2.45, 2.75) is 31.3 Å². The van der Waals surface area contributed by atoms with Gasteiger partial charge >= 0.3 is 5.16 Å². The van der Waals surface area contributed by atoms with Gasteiger partial charge < -0.3 is 5.11 Å². The number of aliphatic hydroxyl groups is 1. The van der Waals surface area contributed by atoms with Gasteiger partial charge in [-0.25, -0.2) is 9.13 Å². The van der Waals surface area contributed by atoms with Crippen molar-refractivity contribution in [1.82, 2.24) is 4.57 Å². The van der Waals surface area contributed by atoms with Gasteiger partial charge in [0.15, 0.2) is 11.0 Å². The standard InChI is InChI=1S/C18H19N2OS/c1-13-6-8-14(9-7-13)10-19-16-4-2-3-5-17(16)20-11-15(21)12-22-18(19)20/h2-9,15,21H,10-12H2,1H3/q+1. The Morgan fingerprint density at radius 1 is 1.18 bits per heavy atom. The second-order valence-corrected chi connectivity index (χ2v) is 6.91. The maximum atomic E-state index is 9.99. The number of hydrogen-bond donors (Lipinski definition) is 1. The molecule has 0 amide bonds. The minimum Gasteiger partial charge on any atom is -0.388 e. The summed E-state index contributed by atoms with van der Waals surface area (Å²) >= 11 is 1.75. The number of rotatable bonds is 2. The quantitative estimate of drug-likeness (QED) is 0.737. The zero-order valence-electron chi connectivity index (χ0n) is 12.6. The Labute approximate surface area is 134 Å². The number of imidazole rings is 1. The van der Waals surface area contributed by atoms with E-state index in [2.05, 4.69) is 64.6 Å². The molecule has 1 unspecified atom stereocenters. The number of benzene rings is 2. The third-order valence-corrected chi connectivity index (χ3v) is 5.43. The van der Waals surface area contributed by atoms with Crippen molar-refractivity contribution in [3.63, 3.8) is 0 Å². The maximum Gasteiger partial charge on any atom is 0.319 e. The van der Waals surface area contributed by atoms with Crippen LogP contribution in [-0.4, -0.2) is 21.5 Å². The Hall–Kier alpha value is -1.78. The van der Waals surface area contributed by atoms with Crippen LogP contribution in [0.15, 0.2) is 53.7 Å². The van der Waals surface area contributed by atoms with Gasteiger partial charge in [0.2, 0.25) is 0 Å². The van der Waals surface area contributed by atoms with Gasteiger partial charge in [0, 0.05) is 5.75 Å². The summed E-state index contributed by atoms with van der Waals surface area (Å²) in [5.74, 6) is 0.768. The molecule has 4 rings (SSSR count). The summed E-state index contributed by atoms with van der Waals surface area (Å²) in [6.45, 7) is 3.67. The lowest BCUT2D eigenvalue weighted by Gasteiger charge is -2.14. The molecule has 2 heterocycles. The van der Waals surface area contributed by atoms with Gasteiger partial charge in [0.25, 0.3) is 0 Å². The molecule has 0 saturated heterocycles. The molecule has 0 radical (unpaired) electrons. The Morgan fingerprint density at radius 2 is 1.95 bits per heavy atom. The Morgan fingerprint density at radius 3 is 2.77 bits per heavy atom. The highest BCUT2D eigenvalue weighted by atomic mass is 32.2. The van der Waals surface area contributed by atoms with Gasteiger partial charge in [-0.3, -0.25) is 0 Å². The van der Waals surface area contributed by atoms with Crippen LogP contribution in [0.5, 0.6) is 0 Å². The van der Waals surface area contributed by atoms with Crippen LogP contribution >= 0.6 is 11.8 Å². The topological polar surface area (TPSA) is 29.0 Å². The molecule has 1 aromatic heterocycles. The smallest absolute Gasteiger partial charge is 0.319 e. The van der Waals surface area contributed by atoms with Crippen LogP contribution < -0.4 is 4.57 Å². The fraction of sp³-hybridized carbons (Fsp3) is 0.278. The molecule has 3 aromatic rings. The van der Waals surface area contributed by atoms with Crippen LogP contribution in [0.1, 0.15) is 11.1 Å². The van der Waals surface area contributed by atoms with E-state index in [1.165, 1.54) is 27.3 Å². The fourth-order valence-electron chi connectivity index (χ4n) is 3.07. The Kier molecular flexibility index (Phi) is 3.43. The molecule has 1 aliphatic heterocycles. The first-order valence-electron chi connectivity index (χ1n) is 7.60. The number of nitrogens with zero attached hydrogens (tertiary/aromatic N) is 2. The first-order valence-corrected chi connectivity index (χ1v) is 8.58. The van der Waals surface area contributed by atoms with E-state index in [1.54, 1.807) is 11.8 Å². The van der Waals surface area contributed by atoms with Crippen molar-refractivity contribution >= 4 is 22.8 Å². The highest BCUT2D eigenvalue weighted by molar-refractivity contribution is 7.99. The Bertz CT molecular complexity index is 823. The lowest BCUT2D eigenvalue weighted by molar-refractivity contribution is -0.717. The number of aliphatic hydroxyl groups excluding tert-OH is 1. The van der Waals surface area contributed by atoms with Crippen LogP contribution in [0.3, 0.4) is 0 Å². The van der Waals surface area contributed by atoms with Gasteiger partial charge in [-0.05, 0) is 36.4 Å². The third kappa shape index (κ3) is 2.32. The zero-order valence-corrected chi connectivity index (χ0v) is 13.4. The van der Waals surface area contributed by atoms with Crippen molar-refractivity contribution < 1.29 is 9.67 Å². The third-order valence-electron chi connectivity index (χ3n) is 4.18. The number of hydrogen-bond acceptors (Lipinski definition) is 2. The molecule has 22 heavy (non-hydrogen) atoms. The molecule has 4 heteroatoms. The summed E-state index contributed by atoms with van der Waals surface area (Å²) in [6.07, 6.45) is -0.263. The molecule has 0 fully saturated rings. The average Bonchev–Trinajstić information content (AvgIpc) is 2.83. The number of para-hydroxylation sites is 2. The van der Waals surface area contributed by atoms with Crippen LogP contribution in [0, 0.1) is 6.92 Å². The molecule has 2 aromatic carbocycles. The maximum absolute atomic E-state index is 9.99. The van der Waals surface area contributed by atoms with E-state index in [0.717, 1.165) is 12.3 Å². The van der Waals surface area contributed by atoms with Crippen LogP contribution in [0.25, 0.3) is 11.0 Å². The van der Waals surface area contributed by atoms with Crippen molar-refractivity contribution in [3.8, 4) is 0 Å². The van der Waals surface area contributed by atoms with Gasteiger partial charge in [-0.2, -0.15) is 0 Å². The summed E-state index contributed by atoms with van der Waals surface area (Å²) in [5.41, 5.74) is 5.03. The first kappa shape index (κ1) is 13.9. The predicted molar refractivity (Wildman–Crippen MR) is 89.1 cm³/mol. The van der Waals surface area contributed by atoms with Crippen molar-refractivity contribution in [1.29, 1.82) is 0 Å². The highest BCUT2D eigenvalue weighted by Gasteiger charge is 2.31. The number of aryl methyl sites for hydroxylation is 1. The zero-order chi connectivity index (χ0) is 15.1. The lowest BCUT2D eigenvalue weighted by Crippen LogP contribution is -2.45. The summed E-state index contributed by atoms with van der Waals surface area (Å²) in [4.78, 5) is 0.